The summed E-state index contributed by atoms with van der Waals surface area (Å²) in [5, 5.41) is 11.8. The van der Waals surface area contributed by atoms with Crippen molar-refractivity contribution in [3.63, 3.8) is 0 Å². The van der Waals surface area contributed by atoms with Crippen molar-refractivity contribution < 1.29 is 24.2 Å². The molecule has 1 saturated heterocycles. The van der Waals surface area contributed by atoms with E-state index in [1.54, 1.807) is 42.5 Å². The molecular formula is C33H28ClNO5. The molecule has 4 aromatic rings. The Balaban J connectivity index is 1.53. The van der Waals surface area contributed by atoms with E-state index in [0.717, 1.165) is 11.1 Å². The van der Waals surface area contributed by atoms with Crippen molar-refractivity contribution in [3.05, 3.63) is 136 Å². The average molecular weight is 554 g/mol. The molecule has 5 rings (SSSR count). The molecule has 1 unspecified atom stereocenters. The zero-order valence-corrected chi connectivity index (χ0v) is 22.7. The second kappa shape index (κ2) is 12.1. The highest BCUT2D eigenvalue weighted by molar-refractivity contribution is 6.46. The Morgan fingerprint density at radius 2 is 1.50 bits per heavy atom. The lowest BCUT2D eigenvalue weighted by atomic mass is 9.95. The Hall–Kier alpha value is -4.55. The average Bonchev–Trinajstić information content (AvgIpc) is 3.25. The number of aliphatic hydroxyl groups excluding tert-OH is 1. The zero-order chi connectivity index (χ0) is 28.1. The molecule has 1 fully saturated rings. The Morgan fingerprint density at radius 1 is 0.850 bits per heavy atom. The van der Waals surface area contributed by atoms with Crippen LogP contribution in [0.4, 0.5) is 0 Å². The lowest BCUT2D eigenvalue weighted by Crippen LogP contribution is -2.31. The van der Waals surface area contributed by atoms with Gasteiger partial charge in [-0.25, -0.2) is 0 Å². The van der Waals surface area contributed by atoms with Crippen LogP contribution in [0.25, 0.3) is 5.76 Å². The first-order valence-electron chi connectivity index (χ1n) is 12.9. The second-order valence-corrected chi connectivity index (χ2v) is 9.86. The summed E-state index contributed by atoms with van der Waals surface area (Å²) >= 11 is 6.04. The summed E-state index contributed by atoms with van der Waals surface area (Å²) in [5.41, 5.74) is 3.06. The van der Waals surface area contributed by atoms with Crippen LogP contribution in [0.3, 0.4) is 0 Å². The van der Waals surface area contributed by atoms with E-state index in [-0.39, 0.29) is 17.9 Å². The number of likely N-dealkylation sites (tertiary alicyclic amines) is 1. The number of amides is 1. The van der Waals surface area contributed by atoms with Crippen LogP contribution in [0, 0.1) is 0 Å². The number of hydrogen-bond acceptors (Lipinski definition) is 5. The van der Waals surface area contributed by atoms with Crippen molar-refractivity contribution in [1.29, 1.82) is 0 Å². The summed E-state index contributed by atoms with van der Waals surface area (Å²) < 4.78 is 11.7. The van der Waals surface area contributed by atoms with Gasteiger partial charge in [-0.3, -0.25) is 9.59 Å². The van der Waals surface area contributed by atoms with Crippen LogP contribution in [-0.2, 0) is 22.6 Å². The van der Waals surface area contributed by atoms with Gasteiger partial charge in [0.05, 0.1) is 18.7 Å². The first-order chi connectivity index (χ1) is 19.5. The van der Waals surface area contributed by atoms with Crippen LogP contribution in [0.15, 0.2) is 109 Å². The summed E-state index contributed by atoms with van der Waals surface area (Å²) in [6.07, 6.45) is 0.542. The van der Waals surface area contributed by atoms with Crippen molar-refractivity contribution >= 4 is 29.1 Å². The molecule has 0 aliphatic carbocycles. The number of carbonyl (C=O) groups excluding carboxylic acids is 2. The molecule has 4 aromatic carbocycles. The van der Waals surface area contributed by atoms with Crippen LogP contribution in [0.1, 0.15) is 28.3 Å². The molecule has 1 heterocycles. The van der Waals surface area contributed by atoms with E-state index >= 15 is 0 Å². The van der Waals surface area contributed by atoms with E-state index in [0.29, 0.717) is 40.7 Å². The standard InChI is InChI=1S/C33H28ClNO5/c1-39-28-20-25(14-17-27(28)40-21-23-10-6-3-7-11-23)30-29(31(36)24-12-15-26(34)16-13-24)32(37)33(38)35(30)19-18-22-8-4-2-5-9-22/h2-17,20,30,36H,18-19,21H2,1H3/b31-29+. The van der Waals surface area contributed by atoms with Crippen LogP contribution < -0.4 is 9.47 Å². The van der Waals surface area contributed by atoms with Crippen molar-refractivity contribution in [2.24, 2.45) is 0 Å². The summed E-state index contributed by atoms with van der Waals surface area (Å²) in [7, 11) is 1.54. The molecule has 6 nitrogen and oxygen atoms in total. The molecule has 0 aromatic heterocycles. The SMILES string of the molecule is COc1cc(C2/C(=C(\O)c3ccc(Cl)cc3)C(=O)C(=O)N2CCc2ccccc2)ccc1OCc1ccccc1. The maximum atomic E-state index is 13.4. The van der Waals surface area contributed by atoms with Crippen molar-refractivity contribution in [2.75, 3.05) is 13.7 Å². The summed E-state index contributed by atoms with van der Waals surface area (Å²) in [4.78, 5) is 28.2. The molecule has 1 N–H and O–H groups in total. The molecule has 1 amide bonds. The Kier molecular flexibility index (Phi) is 8.18. The van der Waals surface area contributed by atoms with Gasteiger partial charge in [0.15, 0.2) is 11.5 Å². The van der Waals surface area contributed by atoms with Crippen LogP contribution in [-0.4, -0.2) is 35.4 Å². The van der Waals surface area contributed by atoms with Crippen LogP contribution >= 0.6 is 11.6 Å². The highest BCUT2D eigenvalue weighted by Crippen LogP contribution is 2.42. The monoisotopic (exact) mass is 553 g/mol. The molecule has 0 saturated carbocycles. The molecule has 7 heteroatoms. The van der Waals surface area contributed by atoms with Gasteiger partial charge in [-0.15, -0.1) is 0 Å². The van der Waals surface area contributed by atoms with Gasteiger partial charge in [-0.05, 0) is 59.5 Å². The molecule has 0 spiro atoms. The quantitative estimate of drug-likeness (QED) is 0.144. The van der Waals surface area contributed by atoms with Crippen molar-refractivity contribution in [1.82, 2.24) is 4.90 Å². The molecule has 1 atom stereocenters. The lowest BCUT2D eigenvalue weighted by Gasteiger charge is -2.26. The Bertz CT molecular complexity index is 1530. The third-order valence-corrected chi connectivity index (χ3v) is 7.13. The van der Waals surface area contributed by atoms with Gasteiger partial charge in [-0.1, -0.05) is 78.3 Å². The van der Waals surface area contributed by atoms with Crippen molar-refractivity contribution in [3.8, 4) is 11.5 Å². The van der Waals surface area contributed by atoms with E-state index in [1.807, 2.05) is 60.7 Å². The molecule has 0 radical (unpaired) electrons. The van der Waals surface area contributed by atoms with Gasteiger partial charge < -0.3 is 19.5 Å². The lowest BCUT2D eigenvalue weighted by molar-refractivity contribution is -0.139. The number of nitrogens with zero attached hydrogens (tertiary/aromatic N) is 1. The third-order valence-electron chi connectivity index (χ3n) is 6.88. The highest BCUT2D eigenvalue weighted by Gasteiger charge is 2.46. The number of methoxy groups -OCH3 is 1. The highest BCUT2D eigenvalue weighted by atomic mass is 35.5. The minimum absolute atomic E-state index is 0.0143. The number of ketones is 1. The smallest absolute Gasteiger partial charge is 0.295 e. The topological polar surface area (TPSA) is 76.1 Å². The number of Topliss-reactive ketones (excluding diaryl/α,β-unsaturated/α-hetero) is 1. The van der Waals surface area contributed by atoms with Gasteiger partial charge in [0.1, 0.15) is 12.4 Å². The molecule has 202 valence electrons. The van der Waals surface area contributed by atoms with E-state index < -0.39 is 17.7 Å². The fraction of sp³-hybridized carbons (Fsp3) is 0.152. The second-order valence-electron chi connectivity index (χ2n) is 9.42. The predicted octanol–water partition coefficient (Wildman–Crippen LogP) is 6.59. The molecule has 0 bridgehead atoms. The third kappa shape index (κ3) is 5.72. The zero-order valence-electron chi connectivity index (χ0n) is 21.9. The first kappa shape index (κ1) is 27.0. The van der Waals surface area contributed by atoms with E-state index in [4.69, 9.17) is 21.1 Å². The molecule has 1 aliphatic heterocycles. The summed E-state index contributed by atoms with van der Waals surface area (Å²) in [5.74, 6) is -0.693. The van der Waals surface area contributed by atoms with Gasteiger partial charge in [-0.2, -0.15) is 0 Å². The number of hydrogen-bond donors (Lipinski definition) is 1. The van der Waals surface area contributed by atoms with E-state index in [2.05, 4.69) is 0 Å². The number of carbonyl (C=O) groups is 2. The minimum atomic E-state index is -0.823. The molecule has 40 heavy (non-hydrogen) atoms. The summed E-state index contributed by atoms with van der Waals surface area (Å²) in [6.45, 7) is 0.633. The van der Waals surface area contributed by atoms with Gasteiger partial charge in [0, 0.05) is 17.1 Å². The largest absolute Gasteiger partial charge is 0.507 e. The van der Waals surface area contributed by atoms with Gasteiger partial charge in [0.25, 0.3) is 11.7 Å². The number of rotatable bonds is 9. The van der Waals surface area contributed by atoms with Crippen LogP contribution in [0.5, 0.6) is 11.5 Å². The van der Waals surface area contributed by atoms with Gasteiger partial charge in [0.2, 0.25) is 0 Å². The summed E-state index contributed by atoms with van der Waals surface area (Å²) in [6, 6.07) is 30.5. The Labute approximate surface area is 238 Å². The fourth-order valence-electron chi connectivity index (χ4n) is 4.82. The van der Waals surface area contributed by atoms with Gasteiger partial charge >= 0.3 is 0 Å². The van der Waals surface area contributed by atoms with Crippen molar-refractivity contribution in [2.45, 2.75) is 19.1 Å². The maximum Gasteiger partial charge on any atom is 0.295 e. The number of benzene rings is 4. The number of halogens is 1. The number of ether oxygens (including phenoxy) is 2. The normalized spacial score (nSPS) is 16.2. The Morgan fingerprint density at radius 3 is 2.15 bits per heavy atom. The number of aliphatic hydroxyl groups is 1. The van der Waals surface area contributed by atoms with E-state index in [9.17, 15) is 14.7 Å². The van der Waals surface area contributed by atoms with Crippen LogP contribution in [0.2, 0.25) is 5.02 Å². The maximum absolute atomic E-state index is 13.4. The molecule has 1 aliphatic rings. The molecular weight excluding hydrogens is 526 g/mol. The van der Waals surface area contributed by atoms with E-state index in [1.165, 1.54) is 12.0 Å². The predicted molar refractivity (Wildman–Crippen MR) is 154 cm³/mol. The fourth-order valence-corrected chi connectivity index (χ4v) is 4.95. The minimum Gasteiger partial charge on any atom is -0.507 e. The first-order valence-corrected chi connectivity index (χ1v) is 13.3.